The second kappa shape index (κ2) is 10.2. The van der Waals surface area contributed by atoms with E-state index in [1.807, 2.05) is 48.5 Å². The molecule has 0 spiro atoms. The normalized spacial score (nSPS) is 17.4. The molecule has 1 heterocycles. The van der Waals surface area contributed by atoms with Crippen molar-refractivity contribution >= 4 is 11.8 Å². The second-order valence-corrected chi connectivity index (χ2v) is 7.18. The Hall–Kier alpha value is -3.75. The molecule has 0 fully saturated rings. The van der Waals surface area contributed by atoms with Gasteiger partial charge in [-0.05, 0) is 22.8 Å². The summed E-state index contributed by atoms with van der Waals surface area (Å²) < 4.78 is 58.9. The maximum atomic E-state index is 14.0. The number of rotatable bonds is 4. The Kier molecular flexibility index (Phi) is 7.42. The van der Waals surface area contributed by atoms with Gasteiger partial charge in [0, 0.05) is 12.5 Å². The molecule has 2 atom stereocenters. The molecule has 0 aliphatic carbocycles. The predicted octanol–water partition coefficient (Wildman–Crippen LogP) is 5.62. The van der Waals surface area contributed by atoms with Crippen LogP contribution in [0.1, 0.15) is 28.8 Å². The summed E-state index contributed by atoms with van der Waals surface area (Å²) in [5.41, 5.74) is 2.65. The topological polar surface area (TPSA) is 61.7 Å². The summed E-state index contributed by atoms with van der Waals surface area (Å²) in [5.74, 6) is -3.17. The van der Waals surface area contributed by atoms with E-state index in [9.17, 15) is 22.0 Å². The van der Waals surface area contributed by atoms with Crippen LogP contribution in [0.2, 0.25) is 0 Å². The minimum atomic E-state index is -5.08. The minimum Gasteiger partial charge on any atom is -0.475 e. The molecular weight excluding hydrogens is 443 g/mol. The van der Waals surface area contributed by atoms with Crippen LogP contribution < -0.4 is 5.32 Å². The van der Waals surface area contributed by atoms with Crippen LogP contribution in [0.25, 0.3) is 0 Å². The molecule has 0 bridgehead atoms. The first-order valence-corrected chi connectivity index (χ1v) is 9.82. The third-order valence-corrected chi connectivity index (χ3v) is 4.85. The molecule has 0 radical (unpaired) electrons. The number of carboxylic acids is 1. The zero-order valence-corrected chi connectivity index (χ0v) is 17.1. The lowest BCUT2D eigenvalue weighted by Crippen LogP contribution is -2.26. The molecule has 0 saturated heterocycles. The third-order valence-electron chi connectivity index (χ3n) is 4.85. The Bertz CT molecular complexity index is 1120. The summed E-state index contributed by atoms with van der Waals surface area (Å²) >= 11 is 0. The van der Waals surface area contributed by atoms with Crippen molar-refractivity contribution in [3.63, 3.8) is 0 Å². The van der Waals surface area contributed by atoms with Crippen molar-refractivity contribution in [2.45, 2.75) is 24.7 Å². The number of alkyl halides is 3. The average Bonchev–Trinajstić information content (AvgIpc) is 3.21. The summed E-state index contributed by atoms with van der Waals surface area (Å²) in [5, 5.41) is 10.6. The molecule has 0 amide bonds. The lowest BCUT2D eigenvalue weighted by atomic mass is 9.95. The summed E-state index contributed by atoms with van der Waals surface area (Å²) in [6.07, 6.45) is -4.78. The predicted molar refractivity (Wildman–Crippen MR) is 113 cm³/mol. The highest BCUT2D eigenvalue weighted by Gasteiger charge is 2.38. The van der Waals surface area contributed by atoms with Crippen LogP contribution in [0.3, 0.4) is 0 Å². The Labute approximate surface area is 186 Å². The number of nitrogens with zero attached hydrogens (tertiary/aromatic N) is 1. The number of aliphatic imine (C=N–C) groups is 1. The van der Waals surface area contributed by atoms with Crippen LogP contribution in [0, 0.1) is 11.6 Å². The molecule has 4 rings (SSSR count). The summed E-state index contributed by atoms with van der Waals surface area (Å²) in [4.78, 5) is 13.7. The van der Waals surface area contributed by atoms with Gasteiger partial charge in [-0.1, -0.05) is 66.7 Å². The number of nitrogens with one attached hydrogen (secondary N) is 1. The molecule has 3 aromatic rings. The number of amidine groups is 1. The number of hydrogen-bond acceptors (Lipinski definition) is 3. The maximum absolute atomic E-state index is 14.0. The van der Waals surface area contributed by atoms with Crippen molar-refractivity contribution in [1.82, 2.24) is 5.32 Å². The average molecular weight is 462 g/mol. The van der Waals surface area contributed by atoms with Crippen LogP contribution in [0.5, 0.6) is 0 Å². The standard InChI is InChI=1S/C22H18F2N2.C2HF3O2/c23-18-12-11-17(19(24)14-18)13-20-25-21(15-7-3-1-4-8-15)22(26-20)16-9-5-2-6-10-16;3-2(4,5)1(6)7/h1-12,14,21-22H,13H2,(H,25,26);(H,6,7)/t21-,22+;. The molecule has 1 aliphatic rings. The zero-order chi connectivity index (χ0) is 24.0. The van der Waals surface area contributed by atoms with Crippen LogP contribution in [-0.2, 0) is 11.2 Å². The fourth-order valence-electron chi connectivity index (χ4n) is 3.32. The summed E-state index contributed by atoms with van der Waals surface area (Å²) in [6.45, 7) is 0. The number of hydrogen-bond donors (Lipinski definition) is 2. The number of carbonyl (C=O) groups is 1. The first-order chi connectivity index (χ1) is 15.6. The smallest absolute Gasteiger partial charge is 0.475 e. The molecule has 4 nitrogen and oxygen atoms in total. The number of aliphatic carboxylic acids is 1. The van der Waals surface area contributed by atoms with E-state index in [4.69, 9.17) is 14.9 Å². The van der Waals surface area contributed by atoms with Crippen LogP contribution in [-0.4, -0.2) is 23.1 Å². The fourth-order valence-corrected chi connectivity index (χ4v) is 3.32. The second-order valence-electron chi connectivity index (χ2n) is 7.18. The van der Waals surface area contributed by atoms with Gasteiger partial charge in [0.15, 0.2) is 0 Å². The minimum absolute atomic E-state index is 0.0166. The van der Waals surface area contributed by atoms with Gasteiger partial charge in [-0.25, -0.2) is 13.6 Å². The van der Waals surface area contributed by atoms with E-state index in [1.165, 1.54) is 12.1 Å². The molecule has 0 aromatic heterocycles. The zero-order valence-electron chi connectivity index (χ0n) is 17.1. The Morgan fingerprint density at radius 1 is 0.909 bits per heavy atom. The van der Waals surface area contributed by atoms with Gasteiger partial charge in [-0.15, -0.1) is 0 Å². The fraction of sp³-hybridized carbons (Fsp3) is 0.167. The molecular formula is C24H19F5N2O2. The molecule has 172 valence electrons. The monoisotopic (exact) mass is 462 g/mol. The van der Waals surface area contributed by atoms with Crippen molar-refractivity contribution in [2.75, 3.05) is 0 Å². The highest BCUT2D eigenvalue weighted by molar-refractivity contribution is 5.87. The van der Waals surface area contributed by atoms with E-state index >= 15 is 0 Å². The summed E-state index contributed by atoms with van der Waals surface area (Å²) in [6, 6.07) is 23.7. The quantitative estimate of drug-likeness (QED) is 0.495. The molecule has 2 N–H and O–H groups in total. The van der Waals surface area contributed by atoms with Crippen LogP contribution in [0.15, 0.2) is 83.9 Å². The Morgan fingerprint density at radius 2 is 1.45 bits per heavy atom. The van der Waals surface area contributed by atoms with Crippen molar-refractivity contribution in [3.05, 3.63) is 107 Å². The van der Waals surface area contributed by atoms with Crippen LogP contribution in [0.4, 0.5) is 22.0 Å². The van der Waals surface area contributed by atoms with E-state index in [-0.39, 0.29) is 12.1 Å². The number of carboxylic acid groups (broad SMARTS) is 1. The first-order valence-electron chi connectivity index (χ1n) is 9.82. The Morgan fingerprint density at radius 3 is 1.97 bits per heavy atom. The van der Waals surface area contributed by atoms with Crippen molar-refractivity contribution < 1.29 is 31.9 Å². The van der Waals surface area contributed by atoms with Gasteiger partial charge >= 0.3 is 12.1 Å². The first kappa shape index (κ1) is 23.9. The summed E-state index contributed by atoms with van der Waals surface area (Å²) in [7, 11) is 0. The maximum Gasteiger partial charge on any atom is 0.490 e. The highest BCUT2D eigenvalue weighted by atomic mass is 19.4. The van der Waals surface area contributed by atoms with E-state index in [1.54, 1.807) is 0 Å². The molecule has 33 heavy (non-hydrogen) atoms. The van der Waals surface area contributed by atoms with Crippen LogP contribution >= 0.6 is 0 Å². The lowest BCUT2D eigenvalue weighted by molar-refractivity contribution is -0.192. The molecule has 0 saturated carbocycles. The van der Waals surface area contributed by atoms with Crippen molar-refractivity contribution in [2.24, 2.45) is 4.99 Å². The van der Waals surface area contributed by atoms with E-state index < -0.39 is 23.8 Å². The van der Waals surface area contributed by atoms with E-state index in [0.29, 0.717) is 17.8 Å². The largest absolute Gasteiger partial charge is 0.490 e. The lowest BCUT2D eigenvalue weighted by Gasteiger charge is -2.19. The van der Waals surface area contributed by atoms with Gasteiger partial charge in [-0.2, -0.15) is 13.2 Å². The third kappa shape index (κ3) is 6.38. The molecule has 9 heteroatoms. The van der Waals surface area contributed by atoms with Gasteiger partial charge in [0.2, 0.25) is 0 Å². The SMILES string of the molecule is Fc1ccc(CC2=N[C@H](c3ccccc3)[C@H](c3ccccc3)N2)c(F)c1.O=C(O)C(F)(F)F. The molecule has 0 unspecified atom stereocenters. The van der Waals surface area contributed by atoms with Gasteiger partial charge in [0.05, 0.1) is 6.04 Å². The number of benzene rings is 3. The van der Waals surface area contributed by atoms with E-state index in [2.05, 4.69) is 17.4 Å². The highest BCUT2D eigenvalue weighted by Crippen LogP contribution is 2.36. The molecule has 3 aromatic carbocycles. The Balaban J connectivity index is 0.000000383. The van der Waals surface area contributed by atoms with Gasteiger partial charge < -0.3 is 10.4 Å². The van der Waals surface area contributed by atoms with Crippen molar-refractivity contribution in [1.29, 1.82) is 0 Å². The molecule has 1 aliphatic heterocycles. The van der Waals surface area contributed by atoms with Crippen molar-refractivity contribution in [3.8, 4) is 0 Å². The van der Waals surface area contributed by atoms with Gasteiger partial charge in [0.25, 0.3) is 0 Å². The van der Waals surface area contributed by atoms with Gasteiger partial charge in [-0.3, -0.25) is 4.99 Å². The van der Waals surface area contributed by atoms with E-state index in [0.717, 1.165) is 17.2 Å². The van der Waals surface area contributed by atoms with Gasteiger partial charge in [0.1, 0.15) is 23.5 Å². The number of halogens is 5.